The molecule has 4 heteroatoms. The molecule has 2 amide bonds. The summed E-state index contributed by atoms with van der Waals surface area (Å²) in [6.07, 6.45) is 4.07. The highest BCUT2D eigenvalue weighted by Crippen LogP contribution is 2.50. The molecule has 1 saturated heterocycles. The van der Waals surface area contributed by atoms with Crippen LogP contribution in [0.4, 0.5) is 0 Å². The smallest absolute Gasteiger partial charge is 0.253 e. The van der Waals surface area contributed by atoms with Crippen LogP contribution in [-0.2, 0) is 4.79 Å². The highest BCUT2D eigenvalue weighted by molar-refractivity contribution is 5.95. The van der Waals surface area contributed by atoms with Crippen LogP contribution in [-0.4, -0.2) is 48.8 Å². The SMILES string of the molecule is Cc1cc(C)cc(C(=O)N2CCC3(CCCC3C(=O)N(C)C)C2)c1. The third-order valence-electron chi connectivity index (χ3n) is 5.79. The summed E-state index contributed by atoms with van der Waals surface area (Å²) in [4.78, 5) is 29.2. The van der Waals surface area contributed by atoms with Crippen LogP contribution in [0.2, 0.25) is 0 Å². The molecule has 1 heterocycles. The third-order valence-corrected chi connectivity index (χ3v) is 5.79. The Bertz CT molecular complexity index is 647. The van der Waals surface area contributed by atoms with E-state index in [0.29, 0.717) is 0 Å². The van der Waals surface area contributed by atoms with E-state index < -0.39 is 0 Å². The van der Waals surface area contributed by atoms with Gasteiger partial charge >= 0.3 is 0 Å². The van der Waals surface area contributed by atoms with Crippen LogP contribution in [0.1, 0.15) is 47.2 Å². The molecule has 2 atom stereocenters. The zero-order valence-corrected chi connectivity index (χ0v) is 15.3. The molecule has 2 unspecified atom stereocenters. The normalized spacial score (nSPS) is 26.2. The minimum absolute atomic E-state index is 0.00408. The molecular formula is C20H28N2O2. The van der Waals surface area contributed by atoms with Gasteiger partial charge in [-0.3, -0.25) is 9.59 Å². The molecular weight excluding hydrogens is 300 g/mol. The standard InChI is InChI=1S/C20H28N2O2/c1-14-10-15(2)12-16(11-14)18(23)22-9-8-20(13-22)7-5-6-17(20)19(24)21(3)4/h10-12,17H,5-9,13H2,1-4H3. The van der Waals surface area contributed by atoms with Crippen LogP contribution in [0.25, 0.3) is 0 Å². The molecule has 0 radical (unpaired) electrons. The Morgan fingerprint density at radius 2 is 1.79 bits per heavy atom. The van der Waals surface area contributed by atoms with Gasteiger partial charge in [0.25, 0.3) is 5.91 Å². The average molecular weight is 328 g/mol. The summed E-state index contributed by atoms with van der Waals surface area (Å²) in [5, 5.41) is 0. The fraction of sp³-hybridized carbons (Fsp3) is 0.600. The number of nitrogens with zero attached hydrogens (tertiary/aromatic N) is 2. The second-order valence-corrected chi connectivity index (χ2v) is 7.89. The monoisotopic (exact) mass is 328 g/mol. The van der Waals surface area contributed by atoms with Crippen LogP contribution in [0, 0.1) is 25.2 Å². The van der Waals surface area contributed by atoms with Gasteiger partial charge in [-0.25, -0.2) is 0 Å². The van der Waals surface area contributed by atoms with E-state index >= 15 is 0 Å². The van der Waals surface area contributed by atoms with Crippen molar-refractivity contribution in [2.24, 2.45) is 11.3 Å². The van der Waals surface area contributed by atoms with Crippen LogP contribution >= 0.6 is 0 Å². The van der Waals surface area contributed by atoms with E-state index in [2.05, 4.69) is 6.07 Å². The summed E-state index contributed by atoms with van der Waals surface area (Å²) in [6, 6.07) is 6.03. The van der Waals surface area contributed by atoms with E-state index in [1.165, 1.54) is 0 Å². The molecule has 0 bridgehead atoms. The molecule has 3 rings (SSSR count). The van der Waals surface area contributed by atoms with Crippen molar-refractivity contribution in [1.82, 2.24) is 9.80 Å². The first-order chi connectivity index (χ1) is 11.3. The van der Waals surface area contributed by atoms with Crippen molar-refractivity contribution in [3.63, 3.8) is 0 Å². The molecule has 24 heavy (non-hydrogen) atoms. The summed E-state index contributed by atoms with van der Waals surface area (Å²) < 4.78 is 0. The van der Waals surface area contributed by atoms with Gasteiger partial charge in [0.05, 0.1) is 0 Å². The Morgan fingerprint density at radius 1 is 1.12 bits per heavy atom. The molecule has 4 nitrogen and oxygen atoms in total. The molecule has 1 aliphatic heterocycles. The number of rotatable bonds is 2. The Hall–Kier alpha value is -1.84. The van der Waals surface area contributed by atoms with Crippen molar-refractivity contribution in [3.8, 4) is 0 Å². The lowest BCUT2D eigenvalue weighted by Gasteiger charge is -2.32. The molecule has 1 aliphatic carbocycles. The molecule has 0 N–H and O–H groups in total. The molecule has 2 aliphatic rings. The number of hydrogen-bond donors (Lipinski definition) is 0. The number of benzene rings is 1. The predicted molar refractivity (Wildman–Crippen MR) is 94.9 cm³/mol. The van der Waals surface area contributed by atoms with Gasteiger partial charge in [0.1, 0.15) is 0 Å². The zero-order valence-electron chi connectivity index (χ0n) is 15.3. The van der Waals surface area contributed by atoms with E-state index in [9.17, 15) is 9.59 Å². The zero-order chi connectivity index (χ0) is 17.5. The summed E-state index contributed by atoms with van der Waals surface area (Å²) in [6.45, 7) is 5.54. The number of hydrogen-bond acceptors (Lipinski definition) is 2. The van der Waals surface area contributed by atoms with E-state index in [0.717, 1.165) is 55.5 Å². The third kappa shape index (κ3) is 2.94. The first kappa shape index (κ1) is 17.0. The molecule has 1 saturated carbocycles. The molecule has 2 fully saturated rings. The molecule has 130 valence electrons. The van der Waals surface area contributed by atoms with Crippen molar-refractivity contribution in [1.29, 1.82) is 0 Å². The number of carbonyl (C=O) groups is 2. The average Bonchev–Trinajstić information content (AvgIpc) is 3.12. The Balaban J connectivity index is 1.79. The lowest BCUT2D eigenvalue weighted by Crippen LogP contribution is -2.41. The van der Waals surface area contributed by atoms with Gasteiger partial charge in [0.15, 0.2) is 0 Å². The topological polar surface area (TPSA) is 40.6 Å². The van der Waals surface area contributed by atoms with E-state index in [4.69, 9.17) is 0 Å². The van der Waals surface area contributed by atoms with Crippen LogP contribution in [0.15, 0.2) is 18.2 Å². The van der Waals surface area contributed by atoms with Crippen molar-refractivity contribution in [2.75, 3.05) is 27.2 Å². The summed E-state index contributed by atoms with van der Waals surface area (Å²) in [5.41, 5.74) is 3.01. The predicted octanol–water partition coefficient (Wildman–Crippen LogP) is 3.02. The highest BCUT2D eigenvalue weighted by Gasteiger charge is 2.51. The van der Waals surface area contributed by atoms with E-state index in [1.807, 2.05) is 45.0 Å². The van der Waals surface area contributed by atoms with Gasteiger partial charge in [-0.15, -0.1) is 0 Å². The second-order valence-electron chi connectivity index (χ2n) is 7.89. The first-order valence-corrected chi connectivity index (χ1v) is 8.91. The number of likely N-dealkylation sites (tertiary alicyclic amines) is 1. The maximum Gasteiger partial charge on any atom is 0.253 e. The Morgan fingerprint density at radius 3 is 2.42 bits per heavy atom. The quantitative estimate of drug-likeness (QED) is 0.837. The van der Waals surface area contributed by atoms with Gasteiger partial charge < -0.3 is 9.80 Å². The van der Waals surface area contributed by atoms with Gasteiger partial charge in [-0.05, 0) is 45.2 Å². The highest BCUT2D eigenvalue weighted by atomic mass is 16.2. The van der Waals surface area contributed by atoms with Crippen molar-refractivity contribution >= 4 is 11.8 Å². The number of amides is 2. The molecule has 1 spiro atoms. The fourth-order valence-corrected chi connectivity index (χ4v) is 4.67. The van der Waals surface area contributed by atoms with E-state index in [1.54, 1.807) is 4.90 Å². The maximum atomic E-state index is 12.9. The molecule has 1 aromatic rings. The summed E-state index contributed by atoms with van der Waals surface area (Å²) in [5.74, 6) is 0.416. The minimum atomic E-state index is -0.00408. The van der Waals surface area contributed by atoms with Crippen LogP contribution in [0.5, 0.6) is 0 Å². The molecule has 1 aromatic carbocycles. The van der Waals surface area contributed by atoms with Crippen LogP contribution in [0.3, 0.4) is 0 Å². The van der Waals surface area contributed by atoms with Gasteiger partial charge in [0, 0.05) is 44.1 Å². The van der Waals surface area contributed by atoms with Crippen LogP contribution < -0.4 is 0 Å². The Labute approximate surface area is 144 Å². The lowest BCUT2D eigenvalue weighted by atomic mass is 9.76. The second kappa shape index (κ2) is 6.23. The van der Waals surface area contributed by atoms with Gasteiger partial charge in [-0.2, -0.15) is 0 Å². The first-order valence-electron chi connectivity index (χ1n) is 8.91. The van der Waals surface area contributed by atoms with Crippen molar-refractivity contribution < 1.29 is 9.59 Å². The molecule has 0 aromatic heterocycles. The van der Waals surface area contributed by atoms with Crippen molar-refractivity contribution in [2.45, 2.75) is 39.5 Å². The number of aryl methyl sites for hydroxylation is 2. The fourth-order valence-electron chi connectivity index (χ4n) is 4.67. The summed E-state index contributed by atoms with van der Waals surface area (Å²) >= 11 is 0. The van der Waals surface area contributed by atoms with Gasteiger partial charge in [-0.1, -0.05) is 23.6 Å². The Kier molecular flexibility index (Phi) is 4.41. The minimum Gasteiger partial charge on any atom is -0.349 e. The summed E-state index contributed by atoms with van der Waals surface area (Å²) in [7, 11) is 3.67. The number of carbonyl (C=O) groups excluding carboxylic acids is 2. The van der Waals surface area contributed by atoms with E-state index in [-0.39, 0.29) is 23.1 Å². The van der Waals surface area contributed by atoms with Crippen molar-refractivity contribution in [3.05, 3.63) is 34.9 Å². The lowest BCUT2D eigenvalue weighted by molar-refractivity contribution is -0.136. The van der Waals surface area contributed by atoms with Gasteiger partial charge in [0.2, 0.25) is 5.91 Å². The largest absolute Gasteiger partial charge is 0.349 e. The maximum absolute atomic E-state index is 12.9.